The monoisotopic (exact) mass is 270 g/mol. The lowest BCUT2D eigenvalue weighted by atomic mass is 9.92. The molecule has 0 nitrogen and oxygen atoms in total. The first kappa shape index (κ1) is 20.5. The van der Waals surface area contributed by atoms with Gasteiger partial charge in [-0.05, 0) is 11.1 Å². The van der Waals surface area contributed by atoms with Gasteiger partial charge < -0.3 is 0 Å². The molecule has 0 N–H and O–H groups in total. The molecular weight excluding hydrogens is 240 g/mol. The molecule has 0 radical (unpaired) electrons. The second-order valence-electron chi connectivity index (χ2n) is 3.63. The molecule has 0 aliphatic rings. The molecule has 0 spiro atoms. The molecule has 1 atom stereocenters. The Bertz CT molecular complexity index is 393. The SMILES string of the molecule is C=C/C=C\C(=C/C=C)C(C)c1ccccc1.CC.CC. The average molecular weight is 270 g/mol. The Hall–Kier alpha value is -1.82. The van der Waals surface area contributed by atoms with Gasteiger partial charge in [-0.15, -0.1) is 0 Å². The van der Waals surface area contributed by atoms with Crippen LogP contribution in [0.5, 0.6) is 0 Å². The molecule has 110 valence electrons. The van der Waals surface area contributed by atoms with E-state index in [1.165, 1.54) is 11.1 Å². The minimum atomic E-state index is 0.371. The van der Waals surface area contributed by atoms with Crippen LogP contribution in [0.4, 0.5) is 0 Å². The van der Waals surface area contributed by atoms with Crippen LogP contribution in [-0.4, -0.2) is 0 Å². The highest BCUT2D eigenvalue weighted by Gasteiger charge is 2.07. The van der Waals surface area contributed by atoms with Crippen molar-refractivity contribution in [1.82, 2.24) is 0 Å². The van der Waals surface area contributed by atoms with Crippen LogP contribution in [0, 0.1) is 0 Å². The van der Waals surface area contributed by atoms with Crippen LogP contribution in [-0.2, 0) is 0 Å². The minimum absolute atomic E-state index is 0.371. The summed E-state index contributed by atoms with van der Waals surface area (Å²) in [6.45, 7) is 17.6. The topological polar surface area (TPSA) is 0 Å². The van der Waals surface area contributed by atoms with Crippen molar-refractivity contribution in [2.75, 3.05) is 0 Å². The predicted molar refractivity (Wildman–Crippen MR) is 95.2 cm³/mol. The maximum atomic E-state index is 3.75. The number of allylic oxidation sites excluding steroid dienone is 6. The fraction of sp³-hybridized carbons (Fsp3) is 0.300. The molecule has 1 rings (SSSR count). The second-order valence-corrected chi connectivity index (χ2v) is 3.63. The summed E-state index contributed by atoms with van der Waals surface area (Å²) in [6.07, 6.45) is 9.68. The van der Waals surface area contributed by atoms with Crippen molar-refractivity contribution >= 4 is 0 Å². The molecule has 0 heteroatoms. The number of hydrogen-bond donors (Lipinski definition) is 0. The normalized spacial score (nSPS) is 11.6. The smallest absolute Gasteiger partial charge is 0.00610 e. The van der Waals surface area contributed by atoms with Gasteiger partial charge in [0.15, 0.2) is 0 Å². The summed E-state index contributed by atoms with van der Waals surface area (Å²) >= 11 is 0. The molecule has 0 saturated heterocycles. The Morgan fingerprint density at radius 3 is 1.95 bits per heavy atom. The van der Waals surface area contributed by atoms with E-state index in [1.54, 1.807) is 6.08 Å². The van der Waals surface area contributed by atoms with E-state index in [0.29, 0.717) is 5.92 Å². The first-order chi connectivity index (χ1) is 9.79. The summed E-state index contributed by atoms with van der Waals surface area (Å²) in [7, 11) is 0. The third-order valence-corrected chi connectivity index (χ3v) is 2.53. The third kappa shape index (κ3) is 8.31. The Morgan fingerprint density at radius 1 is 0.950 bits per heavy atom. The van der Waals surface area contributed by atoms with Gasteiger partial charge in [-0.1, -0.05) is 108 Å². The average Bonchev–Trinajstić information content (AvgIpc) is 2.55. The van der Waals surface area contributed by atoms with Gasteiger partial charge in [0.1, 0.15) is 0 Å². The molecule has 1 unspecified atom stereocenters. The third-order valence-electron chi connectivity index (χ3n) is 2.53. The molecular formula is C20H30. The lowest BCUT2D eigenvalue weighted by Gasteiger charge is -2.12. The summed E-state index contributed by atoms with van der Waals surface area (Å²) in [5.41, 5.74) is 2.55. The Morgan fingerprint density at radius 2 is 1.50 bits per heavy atom. The van der Waals surface area contributed by atoms with Crippen LogP contribution in [0.25, 0.3) is 0 Å². The number of benzene rings is 1. The highest BCUT2D eigenvalue weighted by molar-refractivity contribution is 5.36. The zero-order valence-electron chi connectivity index (χ0n) is 13.8. The standard InChI is InChI=1S/C16H18.2C2H6/c1-4-6-11-15(10-5-2)14(3)16-12-8-7-9-13-16;2*1-2/h4-14H,1-2H2,3H3;2*1-2H3/b11-6-,15-10+;;. The van der Waals surface area contributed by atoms with Crippen LogP contribution in [0.3, 0.4) is 0 Å². The molecule has 0 fully saturated rings. The van der Waals surface area contributed by atoms with Crippen molar-refractivity contribution in [3.8, 4) is 0 Å². The van der Waals surface area contributed by atoms with Crippen molar-refractivity contribution in [1.29, 1.82) is 0 Å². The van der Waals surface area contributed by atoms with Crippen molar-refractivity contribution in [2.45, 2.75) is 40.5 Å². The van der Waals surface area contributed by atoms with E-state index in [4.69, 9.17) is 0 Å². The quantitative estimate of drug-likeness (QED) is 0.522. The van der Waals surface area contributed by atoms with Gasteiger partial charge in [-0.2, -0.15) is 0 Å². The molecule has 0 amide bonds. The van der Waals surface area contributed by atoms with Gasteiger partial charge >= 0.3 is 0 Å². The highest BCUT2D eigenvalue weighted by Crippen LogP contribution is 2.24. The molecule has 0 bridgehead atoms. The Balaban J connectivity index is 0. The second kappa shape index (κ2) is 15.2. The van der Waals surface area contributed by atoms with Crippen LogP contribution in [0.1, 0.15) is 46.1 Å². The highest BCUT2D eigenvalue weighted by atomic mass is 14.1. The number of rotatable bonds is 5. The lowest BCUT2D eigenvalue weighted by molar-refractivity contribution is 0.922. The summed E-state index contributed by atoms with van der Waals surface area (Å²) in [5, 5.41) is 0. The Kier molecular flexibility index (Phi) is 15.6. The largest absolute Gasteiger partial charge is 0.0991 e. The first-order valence-electron chi connectivity index (χ1n) is 7.46. The summed E-state index contributed by atoms with van der Waals surface area (Å²) in [6, 6.07) is 10.4. The van der Waals surface area contributed by atoms with Crippen LogP contribution < -0.4 is 0 Å². The van der Waals surface area contributed by atoms with E-state index in [9.17, 15) is 0 Å². The van der Waals surface area contributed by atoms with Gasteiger partial charge in [-0.3, -0.25) is 0 Å². The van der Waals surface area contributed by atoms with Crippen molar-refractivity contribution < 1.29 is 0 Å². The fourth-order valence-corrected chi connectivity index (χ4v) is 1.59. The Labute approximate surface area is 126 Å². The van der Waals surface area contributed by atoms with Gasteiger partial charge in [0, 0.05) is 5.92 Å². The lowest BCUT2D eigenvalue weighted by Crippen LogP contribution is -1.95. The van der Waals surface area contributed by atoms with Gasteiger partial charge in [0.2, 0.25) is 0 Å². The zero-order valence-corrected chi connectivity index (χ0v) is 13.8. The molecule has 1 aromatic rings. The van der Waals surface area contributed by atoms with E-state index in [-0.39, 0.29) is 0 Å². The van der Waals surface area contributed by atoms with Gasteiger partial charge in [0.05, 0.1) is 0 Å². The molecule has 0 aromatic heterocycles. The van der Waals surface area contributed by atoms with Gasteiger partial charge in [-0.25, -0.2) is 0 Å². The predicted octanol–water partition coefficient (Wildman–Crippen LogP) is 6.70. The molecule has 0 heterocycles. The van der Waals surface area contributed by atoms with Crippen molar-refractivity contribution in [2.24, 2.45) is 0 Å². The van der Waals surface area contributed by atoms with Crippen LogP contribution in [0.2, 0.25) is 0 Å². The molecule has 0 aliphatic carbocycles. The molecule has 1 aromatic carbocycles. The maximum absolute atomic E-state index is 3.75. The van der Waals surface area contributed by atoms with Crippen molar-refractivity contribution in [3.05, 3.63) is 85.0 Å². The summed E-state index contributed by atoms with van der Waals surface area (Å²) < 4.78 is 0. The number of hydrogen-bond acceptors (Lipinski definition) is 0. The van der Waals surface area contributed by atoms with Crippen LogP contribution >= 0.6 is 0 Å². The molecule has 0 aliphatic heterocycles. The fourth-order valence-electron chi connectivity index (χ4n) is 1.59. The molecule has 20 heavy (non-hydrogen) atoms. The minimum Gasteiger partial charge on any atom is -0.0991 e. The van der Waals surface area contributed by atoms with E-state index < -0.39 is 0 Å². The van der Waals surface area contributed by atoms with E-state index >= 15 is 0 Å². The van der Waals surface area contributed by atoms with Crippen molar-refractivity contribution in [3.63, 3.8) is 0 Å². The maximum Gasteiger partial charge on any atom is 0.00610 e. The first-order valence-corrected chi connectivity index (χ1v) is 7.46. The van der Waals surface area contributed by atoms with Crippen LogP contribution in [0.15, 0.2) is 79.4 Å². The summed E-state index contributed by atoms with van der Waals surface area (Å²) in [4.78, 5) is 0. The van der Waals surface area contributed by atoms with E-state index in [0.717, 1.165) is 0 Å². The van der Waals surface area contributed by atoms with E-state index in [2.05, 4.69) is 50.4 Å². The van der Waals surface area contributed by atoms with E-state index in [1.807, 2.05) is 52.0 Å². The summed E-state index contributed by atoms with van der Waals surface area (Å²) in [5.74, 6) is 0.371. The van der Waals surface area contributed by atoms with Gasteiger partial charge in [0.25, 0.3) is 0 Å². The zero-order chi connectivity index (χ0) is 15.8. The molecule has 0 saturated carbocycles.